The molecule has 0 saturated heterocycles. The molecule has 1 aliphatic rings. The fourth-order valence-corrected chi connectivity index (χ4v) is 5.73. The standard InChI is InChI=1S/C22H22N2O7S2/c1-29-21(26)13-24-16-11-17-18(31-9-8-30-17)12-19(16)32-22(24)23-20(25)7-10-33(27,28)14-15-5-3-2-4-6-15/h2-6,11-12H,7-10,13-14H2,1H3. The largest absolute Gasteiger partial charge is 0.486 e. The molecular formula is C22H22N2O7S2. The molecule has 1 aliphatic heterocycles. The number of carbonyl (C=O) groups is 2. The molecule has 0 fully saturated rings. The summed E-state index contributed by atoms with van der Waals surface area (Å²) in [5.41, 5.74) is 1.30. The third-order valence-corrected chi connectivity index (χ3v) is 7.58. The number of hydrogen-bond donors (Lipinski definition) is 0. The van der Waals surface area contributed by atoms with E-state index in [4.69, 9.17) is 14.2 Å². The molecule has 9 nitrogen and oxygen atoms in total. The van der Waals surface area contributed by atoms with E-state index in [1.165, 1.54) is 18.4 Å². The molecule has 0 radical (unpaired) electrons. The summed E-state index contributed by atoms with van der Waals surface area (Å²) in [4.78, 5) is 28.9. The second-order valence-corrected chi connectivity index (χ2v) is 10.5. The van der Waals surface area contributed by atoms with Crippen LogP contribution in [0.1, 0.15) is 12.0 Å². The number of ether oxygens (including phenoxy) is 3. The van der Waals surface area contributed by atoms with Crippen molar-refractivity contribution < 1.29 is 32.2 Å². The van der Waals surface area contributed by atoms with Gasteiger partial charge >= 0.3 is 5.97 Å². The molecule has 0 saturated carbocycles. The van der Waals surface area contributed by atoms with E-state index in [2.05, 4.69) is 4.99 Å². The van der Waals surface area contributed by atoms with Crippen LogP contribution in [0.2, 0.25) is 0 Å². The Bertz CT molecular complexity index is 1360. The molecule has 0 aliphatic carbocycles. The Morgan fingerprint density at radius 1 is 1.12 bits per heavy atom. The lowest BCUT2D eigenvalue weighted by molar-refractivity contribution is -0.141. The first-order valence-corrected chi connectivity index (χ1v) is 12.8. The van der Waals surface area contributed by atoms with Crippen molar-refractivity contribution in [2.24, 2.45) is 4.99 Å². The molecule has 0 atom stereocenters. The number of rotatable bonds is 7. The Balaban J connectivity index is 1.60. The zero-order chi connectivity index (χ0) is 23.4. The number of sulfone groups is 1. The van der Waals surface area contributed by atoms with Crippen LogP contribution in [-0.4, -0.2) is 50.9 Å². The van der Waals surface area contributed by atoms with E-state index in [1.807, 2.05) is 6.07 Å². The van der Waals surface area contributed by atoms with Gasteiger partial charge in [-0.2, -0.15) is 4.99 Å². The summed E-state index contributed by atoms with van der Waals surface area (Å²) >= 11 is 1.20. The third-order valence-electron chi connectivity index (χ3n) is 4.94. The van der Waals surface area contributed by atoms with E-state index in [-0.39, 0.29) is 29.3 Å². The zero-order valence-corrected chi connectivity index (χ0v) is 19.5. The molecule has 174 valence electrons. The molecule has 2 heterocycles. The Morgan fingerprint density at radius 2 is 1.82 bits per heavy atom. The summed E-state index contributed by atoms with van der Waals surface area (Å²) in [6, 6.07) is 12.3. The number of nitrogens with zero attached hydrogens (tertiary/aromatic N) is 2. The van der Waals surface area contributed by atoms with Crippen LogP contribution in [0.5, 0.6) is 11.5 Å². The van der Waals surface area contributed by atoms with Gasteiger partial charge in [0.1, 0.15) is 19.8 Å². The summed E-state index contributed by atoms with van der Waals surface area (Å²) < 4.78 is 43.1. The number of amides is 1. The van der Waals surface area contributed by atoms with E-state index in [9.17, 15) is 18.0 Å². The van der Waals surface area contributed by atoms with Crippen LogP contribution < -0.4 is 14.3 Å². The molecule has 0 spiro atoms. The first kappa shape index (κ1) is 23.0. The molecule has 2 aromatic carbocycles. The highest BCUT2D eigenvalue weighted by atomic mass is 32.2. The predicted octanol–water partition coefficient (Wildman–Crippen LogP) is 2.08. The SMILES string of the molecule is COC(=O)Cn1c(=NC(=O)CCS(=O)(=O)Cc2ccccc2)sc2cc3c(cc21)OCCO3. The van der Waals surface area contributed by atoms with Gasteiger partial charge in [-0.15, -0.1) is 0 Å². The number of aromatic nitrogens is 1. The number of esters is 1. The van der Waals surface area contributed by atoms with Gasteiger partial charge in [0.25, 0.3) is 0 Å². The Hall–Kier alpha value is -3.18. The molecule has 0 bridgehead atoms. The maximum Gasteiger partial charge on any atom is 0.325 e. The minimum Gasteiger partial charge on any atom is -0.486 e. The molecule has 1 amide bonds. The Morgan fingerprint density at radius 3 is 2.52 bits per heavy atom. The molecule has 1 aromatic heterocycles. The van der Waals surface area contributed by atoms with Crippen LogP contribution in [0, 0.1) is 0 Å². The van der Waals surface area contributed by atoms with E-state index in [0.29, 0.717) is 35.8 Å². The van der Waals surface area contributed by atoms with Crippen molar-refractivity contribution in [3.05, 3.63) is 52.8 Å². The minimum absolute atomic E-state index is 0.141. The van der Waals surface area contributed by atoms with E-state index >= 15 is 0 Å². The van der Waals surface area contributed by atoms with Crippen molar-refractivity contribution in [3.63, 3.8) is 0 Å². The van der Waals surface area contributed by atoms with Crippen molar-refractivity contribution >= 4 is 43.3 Å². The normalized spacial score (nSPS) is 13.8. The van der Waals surface area contributed by atoms with Gasteiger partial charge in [-0.1, -0.05) is 41.7 Å². The van der Waals surface area contributed by atoms with Crippen LogP contribution in [0.25, 0.3) is 10.2 Å². The lowest BCUT2D eigenvalue weighted by Gasteiger charge is -2.18. The Kier molecular flexibility index (Phi) is 6.80. The fourth-order valence-electron chi connectivity index (χ4n) is 3.34. The number of hydrogen-bond acceptors (Lipinski definition) is 8. The topological polar surface area (TPSA) is 113 Å². The second-order valence-electron chi connectivity index (χ2n) is 7.34. The first-order valence-electron chi connectivity index (χ1n) is 10.2. The van der Waals surface area contributed by atoms with Gasteiger partial charge in [-0.25, -0.2) is 8.42 Å². The highest BCUT2D eigenvalue weighted by molar-refractivity contribution is 7.90. The van der Waals surface area contributed by atoms with Crippen molar-refractivity contribution in [2.45, 2.75) is 18.7 Å². The third kappa shape index (κ3) is 5.60. The molecule has 11 heteroatoms. The zero-order valence-electron chi connectivity index (χ0n) is 17.9. The molecular weight excluding hydrogens is 468 g/mol. The van der Waals surface area contributed by atoms with Crippen LogP contribution in [0.4, 0.5) is 0 Å². The maximum atomic E-state index is 12.5. The highest BCUT2D eigenvalue weighted by Gasteiger charge is 2.19. The summed E-state index contributed by atoms with van der Waals surface area (Å²) in [6.45, 7) is 0.681. The monoisotopic (exact) mass is 490 g/mol. The van der Waals surface area contributed by atoms with Crippen LogP contribution >= 0.6 is 11.3 Å². The van der Waals surface area contributed by atoms with Crippen LogP contribution in [-0.2, 0) is 36.5 Å². The predicted molar refractivity (Wildman–Crippen MR) is 122 cm³/mol. The molecule has 4 rings (SSSR count). The van der Waals surface area contributed by atoms with Crippen molar-refractivity contribution in [3.8, 4) is 11.5 Å². The number of carbonyl (C=O) groups excluding carboxylic acids is 2. The van der Waals surface area contributed by atoms with Crippen molar-refractivity contribution in [1.29, 1.82) is 0 Å². The average Bonchev–Trinajstić information content (AvgIpc) is 3.12. The van der Waals surface area contributed by atoms with Gasteiger partial charge in [0.15, 0.2) is 26.1 Å². The molecule has 33 heavy (non-hydrogen) atoms. The van der Waals surface area contributed by atoms with Crippen LogP contribution in [0.3, 0.4) is 0 Å². The maximum absolute atomic E-state index is 12.5. The smallest absolute Gasteiger partial charge is 0.325 e. The van der Waals surface area contributed by atoms with E-state index in [0.717, 1.165) is 4.70 Å². The number of thiazole rings is 1. The summed E-state index contributed by atoms with van der Waals surface area (Å²) in [6.07, 6.45) is -0.260. The summed E-state index contributed by atoms with van der Waals surface area (Å²) in [5, 5.41) is 0. The molecule has 0 unspecified atom stereocenters. The van der Waals surface area contributed by atoms with E-state index in [1.54, 1.807) is 41.0 Å². The lowest BCUT2D eigenvalue weighted by atomic mass is 10.2. The van der Waals surface area contributed by atoms with Crippen molar-refractivity contribution in [2.75, 3.05) is 26.1 Å². The van der Waals surface area contributed by atoms with Gasteiger partial charge in [0, 0.05) is 18.6 Å². The number of methoxy groups -OCH3 is 1. The van der Waals surface area contributed by atoms with Gasteiger partial charge in [-0.05, 0) is 5.56 Å². The fraction of sp³-hybridized carbons (Fsp3) is 0.318. The first-order chi connectivity index (χ1) is 15.8. The highest BCUT2D eigenvalue weighted by Crippen LogP contribution is 2.35. The molecule has 3 aromatic rings. The number of benzene rings is 2. The van der Waals surface area contributed by atoms with Gasteiger partial charge in [0.2, 0.25) is 5.91 Å². The molecule has 0 N–H and O–H groups in total. The average molecular weight is 491 g/mol. The van der Waals surface area contributed by atoms with Gasteiger partial charge < -0.3 is 18.8 Å². The van der Waals surface area contributed by atoms with Crippen molar-refractivity contribution in [1.82, 2.24) is 4.57 Å². The summed E-state index contributed by atoms with van der Waals surface area (Å²) in [5.74, 6) is -0.446. The van der Waals surface area contributed by atoms with Gasteiger partial charge in [0.05, 0.1) is 28.8 Å². The van der Waals surface area contributed by atoms with Crippen LogP contribution in [0.15, 0.2) is 47.5 Å². The van der Waals surface area contributed by atoms with Gasteiger partial charge in [-0.3, -0.25) is 9.59 Å². The minimum atomic E-state index is -3.48. The summed E-state index contributed by atoms with van der Waals surface area (Å²) in [7, 11) is -2.21. The second kappa shape index (κ2) is 9.75. The van der Waals surface area contributed by atoms with E-state index < -0.39 is 21.7 Å². The number of fused-ring (bicyclic) bond motifs is 2. The Labute approximate surface area is 194 Å². The quantitative estimate of drug-likeness (QED) is 0.466. The lowest BCUT2D eigenvalue weighted by Crippen LogP contribution is -2.23.